The molecule has 3 aromatic heterocycles. The molecule has 0 amide bonds. The van der Waals surface area contributed by atoms with Crippen LogP contribution in [-0.4, -0.2) is 51.3 Å². The Labute approximate surface area is 202 Å². The van der Waals surface area contributed by atoms with Crippen LogP contribution in [0.5, 0.6) is 11.5 Å². The Morgan fingerprint density at radius 1 is 1.09 bits per heavy atom. The SMILES string of the molecule is CC(C)(C)C1(Cc2cc3c(cn2)OCCO3)CCCCN1CCn1c(=O)sc2ncc(F)cc21. The first-order chi connectivity index (χ1) is 16.3. The number of piperidine rings is 1. The fraction of sp³-hybridized carbons (Fsp3) is 0.560. The first-order valence-corrected chi connectivity index (χ1v) is 12.7. The molecular weight excluding hydrogens is 455 g/mol. The fourth-order valence-corrected chi connectivity index (χ4v) is 6.32. The Morgan fingerprint density at radius 2 is 1.88 bits per heavy atom. The average molecular weight is 487 g/mol. The summed E-state index contributed by atoms with van der Waals surface area (Å²) in [4.78, 5) is 24.5. The Balaban J connectivity index is 1.45. The van der Waals surface area contributed by atoms with Gasteiger partial charge in [-0.2, -0.15) is 0 Å². The van der Waals surface area contributed by atoms with Gasteiger partial charge in [0.05, 0.1) is 17.9 Å². The van der Waals surface area contributed by atoms with Crippen LogP contribution < -0.4 is 14.3 Å². The Kier molecular flexibility index (Phi) is 6.10. The maximum Gasteiger partial charge on any atom is 0.309 e. The van der Waals surface area contributed by atoms with Gasteiger partial charge in [0.1, 0.15) is 23.9 Å². The largest absolute Gasteiger partial charge is 0.486 e. The maximum atomic E-state index is 13.9. The third-order valence-corrected chi connectivity index (χ3v) is 8.22. The standard InChI is InChI=1S/C25H31FN4O3S/c1-24(2,3)25(14-18-13-20-21(16-27-18)33-11-10-32-20)6-4-5-7-29(25)8-9-30-19-12-17(26)15-28-22(19)34-23(30)31/h12-13,15-16H,4-11,14H2,1-3H3. The van der Waals surface area contributed by atoms with E-state index in [1.807, 2.05) is 6.07 Å². The van der Waals surface area contributed by atoms with E-state index in [9.17, 15) is 9.18 Å². The molecule has 2 aliphatic heterocycles. The number of halogens is 1. The maximum absolute atomic E-state index is 13.9. The summed E-state index contributed by atoms with van der Waals surface area (Å²) in [6, 6.07) is 3.42. The van der Waals surface area contributed by atoms with E-state index in [0.717, 1.165) is 61.2 Å². The van der Waals surface area contributed by atoms with Crippen molar-refractivity contribution in [3.05, 3.63) is 45.7 Å². The number of fused-ring (bicyclic) bond motifs is 2. The zero-order valence-corrected chi connectivity index (χ0v) is 20.8. The highest BCUT2D eigenvalue weighted by atomic mass is 32.1. The summed E-state index contributed by atoms with van der Waals surface area (Å²) in [5, 5.41) is 0. The van der Waals surface area contributed by atoms with Gasteiger partial charge in [-0.25, -0.2) is 9.37 Å². The molecule has 5 rings (SSSR count). The van der Waals surface area contributed by atoms with E-state index >= 15 is 0 Å². The van der Waals surface area contributed by atoms with Gasteiger partial charge in [-0.1, -0.05) is 38.5 Å². The summed E-state index contributed by atoms with van der Waals surface area (Å²) < 4.78 is 27.0. The van der Waals surface area contributed by atoms with Crippen LogP contribution in [-0.2, 0) is 13.0 Å². The van der Waals surface area contributed by atoms with Crippen molar-refractivity contribution in [2.75, 3.05) is 26.3 Å². The van der Waals surface area contributed by atoms with Crippen LogP contribution >= 0.6 is 11.3 Å². The molecule has 34 heavy (non-hydrogen) atoms. The lowest BCUT2D eigenvalue weighted by molar-refractivity contribution is -0.0409. The van der Waals surface area contributed by atoms with Crippen molar-refractivity contribution in [1.29, 1.82) is 0 Å². The van der Waals surface area contributed by atoms with E-state index in [-0.39, 0.29) is 15.8 Å². The molecule has 0 N–H and O–H groups in total. The highest BCUT2D eigenvalue weighted by molar-refractivity contribution is 7.15. The van der Waals surface area contributed by atoms with E-state index in [1.54, 1.807) is 10.8 Å². The molecule has 3 aromatic rings. The van der Waals surface area contributed by atoms with Crippen molar-refractivity contribution in [1.82, 2.24) is 19.4 Å². The van der Waals surface area contributed by atoms with E-state index in [2.05, 4.69) is 30.7 Å². The highest BCUT2D eigenvalue weighted by Gasteiger charge is 2.48. The van der Waals surface area contributed by atoms with Gasteiger partial charge in [-0.15, -0.1) is 0 Å². The van der Waals surface area contributed by atoms with Crippen molar-refractivity contribution in [3.8, 4) is 11.5 Å². The normalized spacial score (nSPS) is 21.2. The van der Waals surface area contributed by atoms with Crippen LogP contribution in [0.1, 0.15) is 45.7 Å². The van der Waals surface area contributed by atoms with Gasteiger partial charge < -0.3 is 9.47 Å². The third kappa shape index (κ3) is 4.20. The molecule has 0 bridgehead atoms. The molecule has 0 saturated carbocycles. The van der Waals surface area contributed by atoms with E-state index in [0.29, 0.717) is 42.4 Å². The highest BCUT2D eigenvalue weighted by Crippen LogP contribution is 2.45. The van der Waals surface area contributed by atoms with E-state index in [4.69, 9.17) is 14.5 Å². The smallest absolute Gasteiger partial charge is 0.309 e. The molecule has 0 aliphatic carbocycles. The molecule has 7 nitrogen and oxygen atoms in total. The number of ether oxygens (including phenoxy) is 2. The first kappa shape index (κ1) is 23.2. The summed E-state index contributed by atoms with van der Waals surface area (Å²) in [6.45, 7) is 10.1. The predicted molar refractivity (Wildman–Crippen MR) is 130 cm³/mol. The lowest BCUT2D eigenvalue weighted by Gasteiger charge is -2.55. The van der Waals surface area contributed by atoms with Crippen LogP contribution in [0.3, 0.4) is 0 Å². The Hall–Kier alpha value is -2.52. The van der Waals surface area contributed by atoms with Crippen LogP contribution in [0, 0.1) is 11.2 Å². The molecule has 2 aliphatic rings. The van der Waals surface area contributed by atoms with Gasteiger partial charge >= 0.3 is 4.87 Å². The fourth-order valence-electron chi connectivity index (χ4n) is 5.48. The van der Waals surface area contributed by atoms with Gasteiger partial charge in [0.15, 0.2) is 11.5 Å². The van der Waals surface area contributed by atoms with Crippen LogP contribution in [0.15, 0.2) is 29.3 Å². The summed E-state index contributed by atoms with van der Waals surface area (Å²) in [7, 11) is 0. The molecule has 0 radical (unpaired) electrons. The lowest BCUT2D eigenvalue weighted by atomic mass is 9.65. The van der Waals surface area contributed by atoms with Crippen LogP contribution in [0.4, 0.5) is 4.39 Å². The molecule has 1 unspecified atom stereocenters. The summed E-state index contributed by atoms with van der Waals surface area (Å²) >= 11 is 1.07. The van der Waals surface area contributed by atoms with Gasteiger partial charge in [-0.05, 0) is 24.8 Å². The number of likely N-dealkylation sites (tertiary alicyclic amines) is 1. The number of hydrogen-bond donors (Lipinski definition) is 0. The van der Waals surface area contributed by atoms with Crippen LogP contribution in [0.2, 0.25) is 0 Å². The number of thiazole rings is 1. The topological polar surface area (TPSA) is 69.5 Å². The number of pyridine rings is 2. The zero-order valence-electron chi connectivity index (χ0n) is 20.0. The molecule has 5 heterocycles. The van der Waals surface area contributed by atoms with Gasteiger partial charge in [0, 0.05) is 42.9 Å². The first-order valence-electron chi connectivity index (χ1n) is 11.9. The minimum absolute atomic E-state index is 0.0301. The number of aromatic nitrogens is 3. The van der Waals surface area contributed by atoms with Crippen molar-refractivity contribution in [3.63, 3.8) is 0 Å². The lowest BCUT2D eigenvalue weighted by Crippen LogP contribution is -2.61. The quantitative estimate of drug-likeness (QED) is 0.536. The third-order valence-electron chi connectivity index (χ3n) is 7.32. The number of nitrogens with zero attached hydrogens (tertiary/aromatic N) is 4. The summed E-state index contributed by atoms with van der Waals surface area (Å²) in [5.41, 5.74) is 1.39. The predicted octanol–water partition coefficient (Wildman–Crippen LogP) is 4.28. The second kappa shape index (κ2) is 8.92. The minimum Gasteiger partial charge on any atom is -0.486 e. The Morgan fingerprint density at radius 3 is 2.68 bits per heavy atom. The van der Waals surface area contributed by atoms with Gasteiger partial charge in [0.2, 0.25) is 0 Å². The van der Waals surface area contributed by atoms with Crippen molar-refractivity contribution in [2.45, 2.75) is 58.5 Å². The van der Waals surface area contributed by atoms with Crippen molar-refractivity contribution < 1.29 is 13.9 Å². The molecule has 0 spiro atoms. The minimum atomic E-state index is -0.425. The van der Waals surface area contributed by atoms with Crippen molar-refractivity contribution >= 4 is 21.7 Å². The van der Waals surface area contributed by atoms with E-state index in [1.165, 1.54) is 6.07 Å². The number of hydrogen-bond acceptors (Lipinski definition) is 7. The second-order valence-corrected chi connectivity index (χ2v) is 11.2. The second-order valence-electron chi connectivity index (χ2n) is 10.2. The molecule has 1 fully saturated rings. The zero-order chi connectivity index (χ0) is 23.9. The van der Waals surface area contributed by atoms with Crippen LogP contribution in [0.25, 0.3) is 10.3 Å². The molecular formula is C25H31FN4O3S. The molecule has 1 saturated heterocycles. The van der Waals surface area contributed by atoms with E-state index < -0.39 is 5.82 Å². The molecule has 0 aromatic carbocycles. The van der Waals surface area contributed by atoms with Gasteiger partial charge in [-0.3, -0.25) is 19.2 Å². The summed E-state index contributed by atoms with van der Waals surface area (Å²) in [6.07, 6.45) is 7.02. The molecule has 182 valence electrons. The Bertz CT molecular complexity index is 1250. The summed E-state index contributed by atoms with van der Waals surface area (Å²) in [5.74, 6) is 1.03. The average Bonchev–Trinajstić information content (AvgIpc) is 3.11. The van der Waals surface area contributed by atoms with Gasteiger partial charge in [0.25, 0.3) is 0 Å². The molecule has 1 atom stereocenters. The molecule has 9 heteroatoms. The monoisotopic (exact) mass is 486 g/mol. The van der Waals surface area contributed by atoms with Crippen molar-refractivity contribution in [2.24, 2.45) is 5.41 Å². The number of rotatable bonds is 5.